The van der Waals surface area contributed by atoms with Gasteiger partial charge < -0.3 is 0 Å². The van der Waals surface area contributed by atoms with Crippen LogP contribution in [0.1, 0.15) is 5.56 Å². The summed E-state index contributed by atoms with van der Waals surface area (Å²) in [4.78, 5) is 5.40. The largest absolute Gasteiger partial charge is 0.132 e. The van der Waals surface area contributed by atoms with E-state index in [1.54, 1.807) is 0 Å². The first kappa shape index (κ1) is 22.4. The van der Waals surface area contributed by atoms with Gasteiger partial charge in [-0.3, -0.25) is 0 Å². The third-order valence-corrected chi connectivity index (χ3v) is 10.8. The molecule has 0 nitrogen and oxygen atoms in total. The molecule has 6 aromatic rings. The van der Waals surface area contributed by atoms with E-state index in [0.717, 1.165) is 0 Å². The van der Waals surface area contributed by atoms with E-state index in [9.17, 15) is 0 Å². The average molecular weight is 481 g/mol. The van der Waals surface area contributed by atoms with E-state index >= 15 is 0 Å². The fourth-order valence-corrected chi connectivity index (χ4v) is 9.29. The van der Waals surface area contributed by atoms with Crippen LogP contribution in [0.15, 0.2) is 171 Å². The Labute approximate surface area is 215 Å². The highest BCUT2D eigenvalue weighted by Gasteiger charge is 2.35. The molecule has 174 valence electrons. The number of aryl methyl sites for hydroxylation is 1. The van der Waals surface area contributed by atoms with E-state index in [-0.39, 0.29) is 0 Å². The lowest BCUT2D eigenvalue weighted by Gasteiger charge is -2.43. The molecule has 0 saturated heterocycles. The fourth-order valence-electron chi connectivity index (χ4n) is 5.20. The number of fused-ring (bicyclic) bond motifs is 1. The van der Waals surface area contributed by atoms with Gasteiger partial charge in [0.2, 0.25) is 0 Å². The molecule has 0 bridgehead atoms. The minimum absolute atomic E-state index is 1.25. The molecule has 0 amide bonds. The molecule has 1 heteroatoms. The second-order valence-electron chi connectivity index (χ2n) is 9.08. The smallest absolute Gasteiger partial charge is 0.0108 e. The summed E-state index contributed by atoms with van der Waals surface area (Å²) < 4.78 is 0. The Morgan fingerprint density at radius 1 is 0.417 bits per heavy atom. The van der Waals surface area contributed by atoms with E-state index in [1.165, 1.54) is 47.0 Å². The Bertz CT molecular complexity index is 1500. The molecule has 6 rings (SSSR count). The summed E-state index contributed by atoms with van der Waals surface area (Å²) in [5.74, 6) is 0. The second-order valence-corrected chi connectivity index (χ2v) is 12.2. The minimum atomic E-state index is -1.78. The first-order valence-electron chi connectivity index (χ1n) is 12.4. The van der Waals surface area contributed by atoms with Gasteiger partial charge in [-0.25, -0.2) is 0 Å². The van der Waals surface area contributed by atoms with Gasteiger partial charge in [0.05, 0.1) is 0 Å². The molecule has 0 aliphatic heterocycles. The molecule has 0 saturated carbocycles. The number of hydrogen-bond acceptors (Lipinski definition) is 0. The molecule has 0 N–H and O–H groups in total. The molecule has 0 aliphatic rings. The van der Waals surface area contributed by atoms with Crippen LogP contribution in [0.3, 0.4) is 0 Å². The van der Waals surface area contributed by atoms with Crippen molar-refractivity contribution in [2.75, 3.05) is 0 Å². The molecular formula is C35H28S. The van der Waals surface area contributed by atoms with Crippen LogP contribution in [0.4, 0.5) is 0 Å². The molecule has 0 spiro atoms. The molecule has 6 aromatic carbocycles. The van der Waals surface area contributed by atoms with Gasteiger partial charge in [-0.1, -0.05) is 115 Å². The highest BCUT2D eigenvalue weighted by molar-refractivity contribution is 8.34. The van der Waals surface area contributed by atoms with Crippen LogP contribution in [-0.4, -0.2) is 0 Å². The van der Waals surface area contributed by atoms with Crippen LogP contribution < -0.4 is 0 Å². The first-order chi connectivity index (χ1) is 17.8. The Balaban J connectivity index is 1.81. The molecule has 0 radical (unpaired) electrons. The highest BCUT2D eigenvalue weighted by atomic mass is 32.3. The van der Waals surface area contributed by atoms with E-state index in [0.29, 0.717) is 0 Å². The Kier molecular flexibility index (Phi) is 5.93. The number of benzene rings is 6. The van der Waals surface area contributed by atoms with Crippen LogP contribution in [0.2, 0.25) is 0 Å². The van der Waals surface area contributed by atoms with Crippen LogP contribution in [0, 0.1) is 6.92 Å². The van der Waals surface area contributed by atoms with Crippen LogP contribution in [0.5, 0.6) is 0 Å². The SMILES string of the molecule is Cc1ccc(-c2cccc3cccc(S(c4ccccc4)(c4ccccc4)c4ccccc4)c23)cc1. The van der Waals surface area contributed by atoms with Gasteiger partial charge in [0, 0.05) is 25.0 Å². The topological polar surface area (TPSA) is 0 Å². The summed E-state index contributed by atoms with van der Waals surface area (Å²) in [6.07, 6.45) is 0. The van der Waals surface area contributed by atoms with Gasteiger partial charge in [0.1, 0.15) is 0 Å². The van der Waals surface area contributed by atoms with Crippen molar-refractivity contribution < 1.29 is 0 Å². The molecule has 0 heterocycles. The fraction of sp³-hybridized carbons (Fsp3) is 0.0286. The van der Waals surface area contributed by atoms with Crippen molar-refractivity contribution in [1.29, 1.82) is 0 Å². The predicted molar refractivity (Wildman–Crippen MR) is 154 cm³/mol. The standard InChI is InChI=1S/C35H28S/c1-27-23-25-28(26-24-27)33-21-11-13-29-14-12-22-34(35(29)33)36(30-15-5-2-6-16-30,31-17-7-3-8-18-31)32-19-9-4-10-20-32/h2-26H,1H3. The lowest BCUT2D eigenvalue weighted by Crippen LogP contribution is -2.06. The summed E-state index contributed by atoms with van der Waals surface area (Å²) >= 11 is 0. The highest BCUT2D eigenvalue weighted by Crippen LogP contribution is 2.74. The van der Waals surface area contributed by atoms with Crippen molar-refractivity contribution in [2.45, 2.75) is 26.5 Å². The quantitative estimate of drug-likeness (QED) is 0.230. The molecule has 0 fully saturated rings. The maximum absolute atomic E-state index is 2.36. The normalized spacial score (nSPS) is 11.9. The maximum Gasteiger partial charge on any atom is 0.0108 e. The molecule has 0 aromatic heterocycles. The van der Waals surface area contributed by atoms with Crippen molar-refractivity contribution in [3.63, 3.8) is 0 Å². The lowest BCUT2D eigenvalue weighted by molar-refractivity contribution is 1.26. The van der Waals surface area contributed by atoms with Crippen LogP contribution in [0.25, 0.3) is 21.9 Å². The van der Waals surface area contributed by atoms with E-state index < -0.39 is 10.0 Å². The Morgan fingerprint density at radius 2 is 0.889 bits per heavy atom. The molecular weight excluding hydrogens is 452 g/mol. The van der Waals surface area contributed by atoms with E-state index in [4.69, 9.17) is 0 Å². The van der Waals surface area contributed by atoms with E-state index in [2.05, 4.69) is 159 Å². The monoisotopic (exact) mass is 480 g/mol. The summed E-state index contributed by atoms with van der Waals surface area (Å²) in [5, 5.41) is 2.60. The Morgan fingerprint density at radius 3 is 1.39 bits per heavy atom. The lowest BCUT2D eigenvalue weighted by atomic mass is 9.97. The number of hydrogen-bond donors (Lipinski definition) is 0. The zero-order valence-electron chi connectivity index (χ0n) is 20.3. The minimum Gasteiger partial charge on any atom is -0.132 e. The zero-order valence-corrected chi connectivity index (χ0v) is 21.2. The van der Waals surface area contributed by atoms with Gasteiger partial charge in [-0.05, 0) is 65.9 Å². The van der Waals surface area contributed by atoms with Gasteiger partial charge >= 0.3 is 0 Å². The maximum atomic E-state index is 2.36. The molecule has 0 unspecified atom stereocenters. The van der Waals surface area contributed by atoms with Crippen LogP contribution >= 0.6 is 10.0 Å². The van der Waals surface area contributed by atoms with Gasteiger partial charge in [0.25, 0.3) is 0 Å². The Hall–Kier alpha value is -4.07. The first-order valence-corrected chi connectivity index (χ1v) is 14.0. The van der Waals surface area contributed by atoms with E-state index in [1.807, 2.05) is 0 Å². The van der Waals surface area contributed by atoms with Gasteiger partial charge in [0.15, 0.2) is 0 Å². The summed E-state index contributed by atoms with van der Waals surface area (Å²) in [6.45, 7) is 2.15. The summed E-state index contributed by atoms with van der Waals surface area (Å²) in [6, 6.07) is 55.7. The second kappa shape index (κ2) is 9.53. The van der Waals surface area contributed by atoms with Gasteiger partial charge in [-0.2, -0.15) is 0 Å². The zero-order chi connectivity index (χ0) is 24.4. The van der Waals surface area contributed by atoms with Crippen molar-refractivity contribution in [3.8, 4) is 11.1 Å². The molecule has 36 heavy (non-hydrogen) atoms. The third kappa shape index (κ3) is 3.73. The van der Waals surface area contributed by atoms with Crippen molar-refractivity contribution in [2.24, 2.45) is 0 Å². The summed E-state index contributed by atoms with van der Waals surface area (Å²) in [7, 11) is -1.78. The van der Waals surface area contributed by atoms with Gasteiger partial charge in [-0.15, -0.1) is 10.0 Å². The third-order valence-electron chi connectivity index (χ3n) is 6.85. The van der Waals surface area contributed by atoms with Crippen molar-refractivity contribution in [3.05, 3.63) is 157 Å². The van der Waals surface area contributed by atoms with Crippen molar-refractivity contribution in [1.82, 2.24) is 0 Å². The number of rotatable bonds is 5. The van der Waals surface area contributed by atoms with Crippen LogP contribution in [-0.2, 0) is 0 Å². The van der Waals surface area contributed by atoms with Crippen molar-refractivity contribution >= 4 is 20.8 Å². The molecule has 0 aliphatic carbocycles. The summed E-state index contributed by atoms with van der Waals surface area (Å²) in [5.41, 5.74) is 3.81. The predicted octanol–water partition coefficient (Wildman–Crippen LogP) is 10.2. The molecule has 0 atom stereocenters. The average Bonchev–Trinajstić information content (AvgIpc) is 2.95.